The van der Waals surface area contributed by atoms with Gasteiger partial charge in [-0.3, -0.25) is 4.79 Å². The molecule has 0 saturated carbocycles. The third-order valence-corrected chi connectivity index (χ3v) is 4.03. The Bertz CT molecular complexity index is 493. The third kappa shape index (κ3) is 7.62. The molecule has 4 nitrogen and oxygen atoms in total. The first kappa shape index (κ1) is 20.2. The predicted molar refractivity (Wildman–Crippen MR) is 95.7 cm³/mol. The van der Waals surface area contributed by atoms with Gasteiger partial charge in [-0.05, 0) is 43.5 Å². The molecule has 134 valence electrons. The first-order valence-corrected chi connectivity index (χ1v) is 9.11. The molecule has 0 aliphatic rings. The molecule has 0 saturated heterocycles. The number of aliphatic carboxylic acids is 1. The Kier molecular flexibility index (Phi) is 9.81. The first-order valence-electron chi connectivity index (χ1n) is 9.11. The summed E-state index contributed by atoms with van der Waals surface area (Å²) >= 11 is 0. The molecule has 0 radical (unpaired) electrons. The van der Waals surface area contributed by atoms with Crippen LogP contribution < -0.4 is 4.74 Å². The summed E-state index contributed by atoms with van der Waals surface area (Å²) < 4.78 is 5.59. The Morgan fingerprint density at radius 1 is 0.958 bits per heavy atom. The molecule has 1 rings (SSSR count). The topological polar surface area (TPSA) is 63.6 Å². The number of benzene rings is 1. The highest BCUT2D eigenvalue weighted by Crippen LogP contribution is 2.18. The molecule has 0 unspecified atom stereocenters. The van der Waals surface area contributed by atoms with Gasteiger partial charge < -0.3 is 9.84 Å². The number of hydrogen-bond donors (Lipinski definition) is 1. The van der Waals surface area contributed by atoms with E-state index < -0.39 is 12.1 Å². The highest BCUT2D eigenvalue weighted by Gasteiger charge is 2.19. The van der Waals surface area contributed by atoms with Crippen LogP contribution in [-0.2, 0) is 4.79 Å². The van der Waals surface area contributed by atoms with Crippen LogP contribution in [0.3, 0.4) is 0 Å². The van der Waals surface area contributed by atoms with E-state index in [2.05, 4.69) is 6.92 Å². The highest BCUT2D eigenvalue weighted by atomic mass is 16.5. The molecule has 0 bridgehead atoms. The number of carbonyl (C=O) groups is 2. The van der Waals surface area contributed by atoms with E-state index in [9.17, 15) is 14.7 Å². The molecular formula is C20H30O4. The van der Waals surface area contributed by atoms with Crippen LogP contribution in [0.25, 0.3) is 0 Å². The quantitative estimate of drug-likeness (QED) is 0.395. The second kappa shape index (κ2) is 11.7. The lowest BCUT2D eigenvalue weighted by molar-refractivity contribution is -0.145. The van der Waals surface area contributed by atoms with Gasteiger partial charge in [0.05, 0.1) is 0 Å². The number of ether oxygens (including phenoxy) is 1. The van der Waals surface area contributed by atoms with Gasteiger partial charge in [-0.15, -0.1) is 0 Å². The number of ketones is 1. The summed E-state index contributed by atoms with van der Waals surface area (Å²) in [6.45, 7) is 4.14. The molecule has 0 aromatic heterocycles. The van der Waals surface area contributed by atoms with Crippen LogP contribution in [0.15, 0.2) is 24.3 Å². The van der Waals surface area contributed by atoms with E-state index in [4.69, 9.17) is 4.74 Å². The standard InChI is InChI=1S/C20H30O4/c1-3-5-6-7-8-9-11-19(20(22)23)24-17-14-12-16(13-15-17)18(21)10-4-2/h12-15,19H,3-11H2,1-2H3,(H,22,23)/t19-/m0/s1. The molecule has 1 aromatic rings. The number of carboxylic acids is 1. The number of carboxylic acid groups (broad SMARTS) is 1. The van der Waals surface area contributed by atoms with Gasteiger partial charge in [-0.2, -0.15) is 0 Å². The van der Waals surface area contributed by atoms with Crippen molar-refractivity contribution < 1.29 is 19.4 Å². The minimum Gasteiger partial charge on any atom is -0.479 e. The monoisotopic (exact) mass is 334 g/mol. The van der Waals surface area contributed by atoms with Crippen molar-refractivity contribution in [3.8, 4) is 5.75 Å². The van der Waals surface area contributed by atoms with Gasteiger partial charge in [0.15, 0.2) is 11.9 Å². The third-order valence-electron chi connectivity index (χ3n) is 4.03. The van der Waals surface area contributed by atoms with E-state index in [0.29, 0.717) is 24.2 Å². The van der Waals surface area contributed by atoms with Crippen LogP contribution in [-0.4, -0.2) is 23.0 Å². The van der Waals surface area contributed by atoms with E-state index in [-0.39, 0.29) is 5.78 Å². The second-order valence-corrected chi connectivity index (χ2v) is 6.20. The minimum absolute atomic E-state index is 0.103. The van der Waals surface area contributed by atoms with Crippen LogP contribution >= 0.6 is 0 Å². The molecule has 0 aliphatic heterocycles. The molecule has 1 N–H and O–H groups in total. The molecule has 24 heavy (non-hydrogen) atoms. The van der Waals surface area contributed by atoms with E-state index in [1.54, 1.807) is 24.3 Å². The summed E-state index contributed by atoms with van der Waals surface area (Å²) in [5.41, 5.74) is 0.645. The highest BCUT2D eigenvalue weighted by molar-refractivity contribution is 5.96. The smallest absolute Gasteiger partial charge is 0.344 e. The zero-order chi connectivity index (χ0) is 17.8. The molecule has 0 aliphatic carbocycles. The number of Topliss-reactive ketones (excluding diaryl/α,β-unsaturated/α-hetero) is 1. The minimum atomic E-state index is -0.935. The van der Waals surface area contributed by atoms with Gasteiger partial charge in [0.1, 0.15) is 5.75 Å². The Hall–Kier alpha value is -1.84. The van der Waals surface area contributed by atoms with E-state index in [0.717, 1.165) is 25.7 Å². The van der Waals surface area contributed by atoms with Gasteiger partial charge in [0.2, 0.25) is 0 Å². The largest absolute Gasteiger partial charge is 0.479 e. The predicted octanol–water partition coefficient (Wildman–Crippen LogP) is 5.25. The molecule has 0 heterocycles. The van der Waals surface area contributed by atoms with Crippen molar-refractivity contribution >= 4 is 11.8 Å². The summed E-state index contributed by atoms with van der Waals surface area (Å²) in [7, 11) is 0. The van der Waals surface area contributed by atoms with Crippen LogP contribution in [0.4, 0.5) is 0 Å². The molecule has 1 aromatic carbocycles. The van der Waals surface area contributed by atoms with Crippen LogP contribution in [0.1, 0.15) is 82.0 Å². The van der Waals surface area contributed by atoms with Crippen molar-refractivity contribution in [1.82, 2.24) is 0 Å². The van der Waals surface area contributed by atoms with Crippen molar-refractivity contribution in [3.63, 3.8) is 0 Å². The fourth-order valence-electron chi connectivity index (χ4n) is 2.60. The Morgan fingerprint density at radius 2 is 1.58 bits per heavy atom. The second-order valence-electron chi connectivity index (χ2n) is 6.20. The van der Waals surface area contributed by atoms with Gasteiger partial charge in [0, 0.05) is 12.0 Å². The molecule has 4 heteroatoms. The van der Waals surface area contributed by atoms with Gasteiger partial charge in [-0.25, -0.2) is 4.79 Å². The lowest BCUT2D eigenvalue weighted by atomic mass is 10.1. The Labute approximate surface area is 145 Å². The Morgan fingerprint density at radius 3 is 2.17 bits per heavy atom. The van der Waals surface area contributed by atoms with Crippen LogP contribution in [0.5, 0.6) is 5.75 Å². The maximum atomic E-state index is 11.8. The zero-order valence-corrected chi connectivity index (χ0v) is 14.9. The average Bonchev–Trinajstić information content (AvgIpc) is 2.57. The molecule has 0 amide bonds. The number of hydrogen-bond acceptors (Lipinski definition) is 3. The molecule has 0 fully saturated rings. The fraction of sp³-hybridized carbons (Fsp3) is 0.600. The first-order chi connectivity index (χ1) is 11.6. The number of rotatable bonds is 13. The normalized spacial score (nSPS) is 11.9. The van der Waals surface area contributed by atoms with E-state index in [1.165, 1.54) is 19.3 Å². The van der Waals surface area contributed by atoms with Crippen molar-refractivity contribution in [3.05, 3.63) is 29.8 Å². The molecule has 1 atom stereocenters. The average molecular weight is 334 g/mol. The maximum absolute atomic E-state index is 11.8. The summed E-state index contributed by atoms with van der Waals surface area (Å²) in [4.78, 5) is 23.2. The summed E-state index contributed by atoms with van der Waals surface area (Å²) in [5, 5.41) is 9.31. The number of unbranched alkanes of at least 4 members (excludes halogenated alkanes) is 5. The molecular weight excluding hydrogens is 304 g/mol. The zero-order valence-electron chi connectivity index (χ0n) is 14.9. The maximum Gasteiger partial charge on any atom is 0.344 e. The summed E-state index contributed by atoms with van der Waals surface area (Å²) in [5.74, 6) is -0.331. The van der Waals surface area contributed by atoms with Crippen molar-refractivity contribution in [2.45, 2.75) is 77.7 Å². The number of carbonyl (C=O) groups excluding carboxylic acids is 1. The van der Waals surface area contributed by atoms with Gasteiger partial charge in [-0.1, -0.05) is 46.0 Å². The SMILES string of the molecule is CCCCCCCC[C@H](Oc1ccc(C(=O)CCC)cc1)C(=O)O. The Balaban J connectivity index is 2.47. The van der Waals surface area contributed by atoms with Gasteiger partial charge in [0.25, 0.3) is 0 Å². The van der Waals surface area contributed by atoms with E-state index >= 15 is 0 Å². The molecule has 0 spiro atoms. The van der Waals surface area contributed by atoms with Crippen LogP contribution in [0, 0.1) is 0 Å². The van der Waals surface area contributed by atoms with Crippen molar-refractivity contribution in [2.75, 3.05) is 0 Å². The van der Waals surface area contributed by atoms with Gasteiger partial charge >= 0.3 is 5.97 Å². The summed E-state index contributed by atoms with van der Waals surface area (Å²) in [6.07, 6.45) is 7.72. The fourth-order valence-corrected chi connectivity index (χ4v) is 2.60. The van der Waals surface area contributed by atoms with Crippen molar-refractivity contribution in [2.24, 2.45) is 0 Å². The summed E-state index contributed by atoms with van der Waals surface area (Å²) in [6, 6.07) is 6.77. The van der Waals surface area contributed by atoms with Crippen LogP contribution in [0.2, 0.25) is 0 Å². The van der Waals surface area contributed by atoms with E-state index in [1.807, 2.05) is 6.92 Å². The lowest BCUT2D eigenvalue weighted by Crippen LogP contribution is -2.26. The lowest BCUT2D eigenvalue weighted by Gasteiger charge is -2.15. The van der Waals surface area contributed by atoms with Crippen molar-refractivity contribution in [1.29, 1.82) is 0 Å².